The summed E-state index contributed by atoms with van der Waals surface area (Å²) in [6, 6.07) is 47.6. The molecular formula is C46H32N2S. The van der Waals surface area contributed by atoms with Crippen LogP contribution in [0, 0.1) is 0 Å². The number of thioether (sulfide) groups is 1. The molecule has 49 heavy (non-hydrogen) atoms. The first kappa shape index (κ1) is 27.4. The van der Waals surface area contributed by atoms with E-state index in [0.717, 1.165) is 12.8 Å². The van der Waals surface area contributed by atoms with Crippen LogP contribution >= 0.6 is 11.8 Å². The molecule has 0 spiro atoms. The maximum atomic E-state index is 2.67. The molecule has 6 aromatic carbocycles. The van der Waals surface area contributed by atoms with Crippen molar-refractivity contribution in [3.8, 4) is 16.8 Å². The Balaban J connectivity index is 1.13. The fourth-order valence-electron chi connectivity index (χ4n) is 8.66. The van der Waals surface area contributed by atoms with E-state index in [1.807, 2.05) is 11.8 Å². The van der Waals surface area contributed by atoms with E-state index < -0.39 is 0 Å². The highest BCUT2D eigenvalue weighted by Crippen LogP contribution is 2.52. The lowest BCUT2D eigenvalue weighted by Crippen LogP contribution is -2.17. The van der Waals surface area contributed by atoms with Crippen molar-refractivity contribution in [2.24, 2.45) is 0 Å². The van der Waals surface area contributed by atoms with Gasteiger partial charge in [0.15, 0.2) is 0 Å². The third-order valence-corrected chi connectivity index (χ3v) is 12.2. The lowest BCUT2D eigenvalue weighted by atomic mass is 9.91. The van der Waals surface area contributed by atoms with Crippen LogP contribution < -0.4 is 0 Å². The molecule has 1 aliphatic heterocycles. The number of nitrogens with zero attached hydrogens (tertiary/aromatic N) is 2. The van der Waals surface area contributed by atoms with Crippen molar-refractivity contribution in [2.45, 2.75) is 29.0 Å². The number of hydrogen-bond donors (Lipinski definition) is 0. The summed E-state index contributed by atoms with van der Waals surface area (Å²) in [4.78, 5) is 1.41. The summed E-state index contributed by atoms with van der Waals surface area (Å²) in [5.74, 6) is 0. The zero-order valence-corrected chi connectivity index (χ0v) is 27.7. The summed E-state index contributed by atoms with van der Waals surface area (Å²) in [5, 5.41) is 6.97. The SMILES string of the molecule is C1=CCC(n2c3c(c4cc5c6ccccc6n(-c6ccc(-c7ccc8ccccc8c7)cc6)c5cc42)C=C2c4ccccc4SC2C3)C=C1. The minimum absolute atomic E-state index is 0.302. The van der Waals surface area contributed by atoms with Crippen molar-refractivity contribution in [3.63, 3.8) is 0 Å². The van der Waals surface area contributed by atoms with Crippen molar-refractivity contribution in [2.75, 3.05) is 0 Å². The van der Waals surface area contributed by atoms with E-state index >= 15 is 0 Å². The number of para-hydroxylation sites is 1. The third-order valence-electron chi connectivity index (χ3n) is 10.9. The highest BCUT2D eigenvalue weighted by molar-refractivity contribution is 8.00. The molecule has 232 valence electrons. The van der Waals surface area contributed by atoms with Gasteiger partial charge in [0, 0.05) is 49.7 Å². The number of hydrogen-bond acceptors (Lipinski definition) is 1. The molecule has 2 atom stereocenters. The minimum Gasteiger partial charge on any atom is -0.337 e. The van der Waals surface area contributed by atoms with E-state index in [-0.39, 0.29) is 0 Å². The predicted molar refractivity (Wildman–Crippen MR) is 209 cm³/mol. The zero-order valence-electron chi connectivity index (χ0n) is 26.9. The molecule has 0 N–H and O–H groups in total. The van der Waals surface area contributed by atoms with Crippen molar-refractivity contribution >= 4 is 66.9 Å². The second-order valence-electron chi connectivity index (χ2n) is 13.6. The molecule has 2 aliphatic carbocycles. The van der Waals surface area contributed by atoms with Gasteiger partial charge in [0.1, 0.15) is 0 Å². The largest absolute Gasteiger partial charge is 0.337 e. The molecule has 0 saturated carbocycles. The molecule has 2 unspecified atom stereocenters. The Morgan fingerprint density at radius 2 is 1.43 bits per heavy atom. The first-order valence-electron chi connectivity index (χ1n) is 17.3. The van der Waals surface area contributed by atoms with E-state index in [1.165, 1.54) is 87.6 Å². The fourth-order valence-corrected chi connectivity index (χ4v) is 10.00. The smallest absolute Gasteiger partial charge is 0.0562 e. The van der Waals surface area contributed by atoms with E-state index in [9.17, 15) is 0 Å². The van der Waals surface area contributed by atoms with Crippen molar-refractivity contribution in [1.29, 1.82) is 0 Å². The van der Waals surface area contributed by atoms with Crippen LogP contribution in [-0.4, -0.2) is 14.4 Å². The highest BCUT2D eigenvalue weighted by Gasteiger charge is 2.35. The van der Waals surface area contributed by atoms with Gasteiger partial charge in [-0.3, -0.25) is 0 Å². The van der Waals surface area contributed by atoms with Gasteiger partial charge in [-0.15, -0.1) is 11.8 Å². The lowest BCUT2D eigenvalue weighted by molar-refractivity contribution is 0.601. The highest BCUT2D eigenvalue weighted by atomic mass is 32.2. The standard InChI is InChI=1S/C46H32N2S/c1-2-12-33(13-3-1)48-43-27-42-37(25-38(43)39-26-40-36-15-7-9-17-45(36)49-46(40)28-44(39)48)35-14-6-8-16-41(35)47(42)34-22-20-30(21-23-34)32-19-18-29-10-4-5-11-31(29)24-32/h1-12,14-27,33,46H,13,28H2. The Morgan fingerprint density at radius 1 is 0.612 bits per heavy atom. The first-order chi connectivity index (χ1) is 24.3. The summed E-state index contributed by atoms with van der Waals surface area (Å²) < 4.78 is 5.15. The van der Waals surface area contributed by atoms with E-state index in [2.05, 4.69) is 167 Å². The van der Waals surface area contributed by atoms with E-state index in [1.54, 1.807) is 0 Å². The van der Waals surface area contributed by atoms with Gasteiger partial charge >= 0.3 is 0 Å². The number of rotatable bonds is 3. The Kier molecular flexibility index (Phi) is 5.88. The molecule has 3 heterocycles. The molecular weight excluding hydrogens is 613 g/mol. The Bertz CT molecular complexity index is 2750. The maximum absolute atomic E-state index is 2.67. The molecule has 11 rings (SSSR count). The van der Waals surface area contributed by atoms with Crippen LogP contribution in [-0.2, 0) is 6.42 Å². The number of fused-ring (bicyclic) bond motifs is 10. The monoisotopic (exact) mass is 644 g/mol. The summed E-state index contributed by atoms with van der Waals surface area (Å²) in [6.45, 7) is 0. The quantitative estimate of drug-likeness (QED) is 0.186. The summed E-state index contributed by atoms with van der Waals surface area (Å²) in [7, 11) is 0. The molecule has 0 saturated heterocycles. The minimum atomic E-state index is 0.302. The molecule has 0 fully saturated rings. The molecule has 0 bridgehead atoms. The lowest BCUT2D eigenvalue weighted by Gasteiger charge is -2.24. The van der Waals surface area contributed by atoms with E-state index in [4.69, 9.17) is 0 Å². The van der Waals surface area contributed by atoms with Crippen LogP contribution in [0.4, 0.5) is 0 Å². The van der Waals surface area contributed by atoms with Crippen molar-refractivity contribution in [1.82, 2.24) is 9.13 Å². The van der Waals surface area contributed by atoms with E-state index in [0.29, 0.717) is 11.3 Å². The second kappa shape index (κ2) is 10.5. The van der Waals surface area contributed by atoms with Gasteiger partial charge in [0.25, 0.3) is 0 Å². The average Bonchev–Trinajstić information content (AvgIpc) is 3.80. The molecule has 2 nitrogen and oxygen atoms in total. The Morgan fingerprint density at radius 3 is 2.33 bits per heavy atom. The number of benzene rings is 6. The Labute approximate surface area is 289 Å². The van der Waals surface area contributed by atoms with Crippen molar-refractivity contribution < 1.29 is 0 Å². The summed E-state index contributed by atoms with van der Waals surface area (Å²) in [5.41, 5.74) is 13.3. The van der Waals surface area contributed by atoms with Crippen molar-refractivity contribution in [3.05, 3.63) is 169 Å². The van der Waals surface area contributed by atoms with Gasteiger partial charge in [0.2, 0.25) is 0 Å². The van der Waals surface area contributed by atoms with Crippen LogP contribution in [0.25, 0.3) is 71.9 Å². The second-order valence-corrected chi connectivity index (χ2v) is 14.8. The zero-order chi connectivity index (χ0) is 32.1. The molecule has 3 aliphatic rings. The topological polar surface area (TPSA) is 9.86 Å². The molecule has 3 heteroatoms. The van der Waals surface area contributed by atoms with Crippen LogP contribution in [0.2, 0.25) is 0 Å². The number of aromatic nitrogens is 2. The van der Waals surface area contributed by atoms with Crippen LogP contribution in [0.3, 0.4) is 0 Å². The molecule has 0 amide bonds. The number of allylic oxidation sites excluding steroid dienone is 4. The average molecular weight is 645 g/mol. The van der Waals surface area contributed by atoms with Gasteiger partial charge in [-0.25, -0.2) is 0 Å². The predicted octanol–water partition coefficient (Wildman–Crippen LogP) is 12.2. The van der Waals surface area contributed by atoms with Crippen LogP contribution in [0.1, 0.15) is 29.3 Å². The van der Waals surface area contributed by atoms with Gasteiger partial charge in [0.05, 0.1) is 22.6 Å². The fraction of sp³-hybridized carbons (Fsp3) is 0.0870. The Hall–Kier alpha value is -5.51. The molecule has 2 aromatic heterocycles. The van der Waals surface area contributed by atoms with Gasteiger partial charge in [-0.1, -0.05) is 109 Å². The molecule has 8 aromatic rings. The normalized spacial score (nSPS) is 17.9. The third kappa shape index (κ3) is 4.09. The van der Waals surface area contributed by atoms with Gasteiger partial charge < -0.3 is 9.13 Å². The van der Waals surface area contributed by atoms with Gasteiger partial charge in [-0.05, 0) is 88.0 Å². The van der Waals surface area contributed by atoms with Crippen LogP contribution in [0.15, 0.2) is 157 Å². The molecule has 0 radical (unpaired) electrons. The summed E-state index contributed by atoms with van der Waals surface area (Å²) >= 11 is 2.04. The van der Waals surface area contributed by atoms with Gasteiger partial charge in [-0.2, -0.15) is 0 Å². The summed E-state index contributed by atoms with van der Waals surface area (Å²) in [6.07, 6.45) is 13.7. The van der Waals surface area contributed by atoms with Crippen LogP contribution in [0.5, 0.6) is 0 Å². The first-order valence-corrected chi connectivity index (χ1v) is 18.2. The maximum Gasteiger partial charge on any atom is 0.0562 e.